The molecular weight excluding hydrogens is 514 g/mol. The normalized spacial score (nSPS) is 30.0. The Kier molecular flexibility index (Phi) is 5.60. The monoisotopic (exact) mass is 555 g/mol. The second-order valence-corrected chi connectivity index (χ2v) is 13.5. The molecule has 0 amide bonds. The summed E-state index contributed by atoms with van der Waals surface area (Å²) in [4.78, 5) is 13.1. The molecule has 0 radical (unpaired) electrons. The van der Waals surface area contributed by atoms with Crippen LogP contribution in [0.4, 0.5) is 0 Å². The maximum Gasteiger partial charge on any atom is 0.166 e. The molecule has 3 heterocycles. The number of aromatic amines is 1. The van der Waals surface area contributed by atoms with Crippen molar-refractivity contribution in [1.29, 1.82) is 0 Å². The van der Waals surface area contributed by atoms with E-state index in [9.17, 15) is 10.2 Å². The second kappa shape index (κ2) is 8.96. The highest BCUT2D eigenvalue weighted by molar-refractivity contribution is 5.87. The van der Waals surface area contributed by atoms with E-state index in [-0.39, 0.29) is 17.9 Å². The Balaban J connectivity index is 1.20. The molecule has 216 valence electrons. The van der Waals surface area contributed by atoms with Crippen molar-refractivity contribution in [2.75, 3.05) is 33.7 Å². The van der Waals surface area contributed by atoms with E-state index >= 15 is 0 Å². The van der Waals surface area contributed by atoms with Crippen molar-refractivity contribution >= 4 is 16.7 Å². The molecule has 8 rings (SSSR count). The first-order valence-electron chi connectivity index (χ1n) is 15.3. The van der Waals surface area contributed by atoms with Gasteiger partial charge in [0.2, 0.25) is 0 Å². The number of benzene rings is 2. The Morgan fingerprint density at radius 1 is 1.24 bits per heavy atom. The van der Waals surface area contributed by atoms with Crippen LogP contribution in [-0.4, -0.2) is 76.2 Å². The summed E-state index contributed by atoms with van der Waals surface area (Å²) in [5.74, 6) is 2.20. The lowest BCUT2D eigenvalue weighted by Crippen LogP contribution is -2.74. The summed E-state index contributed by atoms with van der Waals surface area (Å²) in [6.07, 6.45) is 6.20. The van der Waals surface area contributed by atoms with Crippen LogP contribution in [0.5, 0.6) is 11.5 Å². The van der Waals surface area contributed by atoms with Crippen molar-refractivity contribution in [2.45, 2.75) is 74.7 Å². The fourth-order valence-corrected chi connectivity index (χ4v) is 8.62. The predicted molar refractivity (Wildman–Crippen MR) is 160 cm³/mol. The molecule has 8 heteroatoms. The van der Waals surface area contributed by atoms with Crippen LogP contribution in [0.1, 0.15) is 66.2 Å². The number of aliphatic hydroxyl groups is 1. The number of nitrogens with zero attached hydrogens (tertiary/aromatic N) is 3. The van der Waals surface area contributed by atoms with Gasteiger partial charge in [-0.25, -0.2) is 0 Å². The molecule has 2 fully saturated rings. The first kappa shape index (κ1) is 25.6. The topological polar surface area (TPSA) is 110 Å². The molecule has 5 aliphatic rings. The molecule has 3 aliphatic carbocycles. The zero-order valence-corrected chi connectivity index (χ0v) is 24.1. The number of rotatable bonds is 8. The maximum atomic E-state index is 13.0. The highest BCUT2D eigenvalue weighted by atomic mass is 16.5. The molecule has 2 bridgehead atoms. The van der Waals surface area contributed by atoms with E-state index in [0.29, 0.717) is 24.6 Å². The number of fused-ring (bicyclic) bond motifs is 4. The quantitative estimate of drug-likeness (QED) is 0.249. The Morgan fingerprint density at radius 3 is 2.90 bits per heavy atom. The van der Waals surface area contributed by atoms with E-state index in [0.717, 1.165) is 84.5 Å². The summed E-state index contributed by atoms with van der Waals surface area (Å²) >= 11 is 0. The zero-order valence-electron chi connectivity index (χ0n) is 24.1. The summed E-state index contributed by atoms with van der Waals surface area (Å²) < 4.78 is 6.72. The number of ether oxygens (including phenoxy) is 1. The molecule has 2 aliphatic heterocycles. The molecule has 1 spiro atoms. The van der Waals surface area contributed by atoms with Crippen molar-refractivity contribution in [3.05, 3.63) is 58.3 Å². The molecule has 1 saturated heterocycles. The highest BCUT2D eigenvalue weighted by Gasteiger charge is 2.72. The Hall–Kier alpha value is -3.07. The number of nitrogens with two attached hydrogens (primary N) is 1. The van der Waals surface area contributed by atoms with Crippen LogP contribution in [0.15, 0.2) is 35.3 Å². The number of phenols is 1. The number of hydrogen-bond acceptors (Lipinski definition) is 6. The highest BCUT2D eigenvalue weighted by Crippen LogP contribution is 2.69. The minimum Gasteiger partial charge on any atom is -0.504 e. The van der Waals surface area contributed by atoms with E-state index < -0.39 is 11.0 Å². The molecule has 0 unspecified atom stereocenters. The molecule has 4 atom stereocenters. The van der Waals surface area contributed by atoms with Crippen molar-refractivity contribution < 1.29 is 14.9 Å². The number of hydrogen-bond donors (Lipinski definition) is 4. The summed E-state index contributed by atoms with van der Waals surface area (Å²) in [5.41, 5.74) is 11.3. The van der Waals surface area contributed by atoms with Gasteiger partial charge in [-0.3, -0.25) is 9.89 Å². The average molecular weight is 556 g/mol. The Labute approximate surface area is 241 Å². The van der Waals surface area contributed by atoms with Gasteiger partial charge in [-0.15, -0.1) is 0 Å². The smallest absolute Gasteiger partial charge is 0.166 e. The van der Waals surface area contributed by atoms with Crippen LogP contribution in [0.25, 0.3) is 10.9 Å². The lowest BCUT2D eigenvalue weighted by Gasteiger charge is -2.62. The van der Waals surface area contributed by atoms with Crippen molar-refractivity contribution in [3.8, 4) is 11.5 Å². The fourth-order valence-electron chi connectivity index (χ4n) is 8.62. The lowest BCUT2D eigenvalue weighted by atomic mass is 9.49. The van der Waals surface area contributed by atoms with E-state index in [1.54, 1.807) is 6.07 Å². The Bertz CT molecular complexity index is 1570. The van der Waals surface area contributed by atoms with Crippen LogP contribution in [0, 0.1) is 5.92 Å². The molecule has 5 N–H and O–H groups in total. The van der Waals surface area contributed by atoms with Crippen molar-refractivity contribution in [2.24, 2.45) is 16.6 Å². The Morgan fingerprint density at radius 2 is 2.10 bits per heavy atom. The summed E-state index contributed by atoms with van der Waals surface area (Å²) in [7, 11) is 4.14. The maximum absolute atomic E-state index is 13.0. The van der Waals surface area contributed by atoms with Crippen LogP contribution in [0.2, 0.25) is 0 Å². The van der Waals surface area contributed by atoms with Crippen LogP contribution in [-0.2, 0) is 24.8 Å². The first-order chi connectivity index (χ1) is 19.8. The number of aromatic hydroxyl groups is 1. The van der Waals surface area contributed by atoms with Crippen LogP contribution >= 0.6 is 0 Å². The fraction of sp³-hybridized carbons (Fsp3) is 0.545. The van der Waals surface area contributed by atoms with E-state index in [4.69, 9.17) is 10.5 Å². The van der Waals surface area contributed by atoms with Gasteiger partial charge in [-0.05, 0) is 100 Å². The summed E-state index contributed by atoms with van der Waals surface area (Å²) in [6.45, 7) is 3.55. The predicted octanol–water partition coefficient (Wildman–Crippen LogP) is 3.77. The number of aliphatic imine (C=N–C) groups is 1. The van der Waals surface area contributed by atoms with E-state index in [2.05, 4.69) is 58.1 Å². The van der Waals surface area contributed by atoms with E-state index in [1.165, 1.54) is 18.4 Å². The SMILES string of the molecule is CN(C)CCCC(N)=NCc1ccc2[nH]c3c(c2c1)C[C@@]1(O)[C@H]2Cc4ccc(O)c5c4[C@@]1(CCN2CC1CC1)[C@H]3O5. The van der Waals surface area contributed by atoms with Gasteiger partial charge < -0.3 is 30.6 Å². The third-order valence-corrected chi connectivity index (χ3v) is 10.7. The summed E-state index contributed by atoms with van der Waals surface area (Å²) in [5, 5.41) is 25.1. The number of H-pyrrole nitrogens is 1. The number of aromatic nitrogens is 1. The molecule has 41 heavy (non-hydrogen) atoms. The lowest BCUT2D eigenvalue weighted by molar-refractivity contribution is -0.173. The van der Waals surface area contributed by atoms with Gasteiger partial charge in [0.25, 0.3) is 0 Å². The number of likely N-dealkylation sites (tertiary alicyclic amines) is 1. The van der Waals surface area contributed by atoms with Gasteiger partial charge in [0.1, 0.15) is 0 Å². The largest absolute Gasteiger partial charge is 0.504 e. The van der Waals surface area contributed by atoms with Gasteiger partial charge in [-0.1, -0.05) is 12.1 Å². The molecular formula is C33H41N5O3. The van der Waals surface area contributed by atoms with Crippen molar-refractivity contribution in [1.82, 2.24) is 14.8 Å². The van der Waals surface area contributed by atoms with Gasteiger partial charge in [-0.2, -0.15) is 0 Å². The first-order valence-corrected chi connectivity index (χ1v) is 15.3. The standard InChI is InChI=1S/C33H41N5O3/c1-37(2)12-3-4-27(34)35-17-20-7-9-24-22(14-20)23-16-33(40)26-15-21-8-10-25(39)30-28(21)32(33,31(41-30)29(23)36-24)11-13-38(26)18-19-5-6-19/h7-10,14,19,26,31,36,39-40H,3-6,11-13,15-18H2,1-2H3,(H2,34,35)/t26-,31+,32+,33-/m1/s1. The second-order valence-electron chi connectivity index (χ2n) is 13.5. The van der Waals surface area contributed by atoms with Gasteiger partial charge >= 0.3 is 0 Å². The van der Waals surface area contributed by atoms with Gasteiger partial charge in [0.15, 0.2) is 17.6 Å². The third-order valence-electron chi connectivity index (χ3n) is 10.7. The number of nitrogens with one attached hydrogen (secondary N) is 1. The third kappa shape index (κ3) is 3.66. The van der Waals surface area contributed by atoms with Gasteiger partial charge in [0, 0.05) is 41.9 Å². The molecule has 1 aromatic heterocycles. The number of amidine groups is 1. The molecule has 3 aromatic rings. The molecule has 2 aromatic carbocycles. The van der Waals surface area contributed by atoms with Crippen LogP contribution < -0.4 is 10.5 Å². The minimum absolute atomic E-state index is 0.0267. The number of piperidine rings is 1. The van der Waals surface area contributed by atoms with Crippen molar-refractivity contribution in [3.63, 3.8) is 0 Å². The van der Waals surface area contributed by atoms with Crippen LogP contribution in [0.3, 0.4) is 0 Å². The zero-order chi connectivity index (χ0) is 28.1. The summed E-state index contributed by atoms with van der Waals surface area (Å²) in [6, 6.07) is 10.3. The average Bonchev–Trinajstić information content (AvgIpc) is 3.58. The molecule has 8 nitrogen and oxygen atoms in total. The number of phenolic OH excluding ortho intramolecular Hbond substituents is 1. The van der Waals surface area contributed by atoms with E-state index in [1.807, 2.05) is 0 Å². The van der Waals surface area contributed by atoms with Gasteiger partial charge in [0.05, 0.1) is 29.1 Å². The molecule has 1 saturated carbocycles. The minimum atomic E-state index is -0.982.